The van der Waals surface area contributed by atoms with Gasteiger partial charge in [-0.1, -0.05) is 6.92 Å². The van der Waals surface area contributed by atoms with E-state index in [1.807, 2.05) is 19.1 Å². The maximum absolute atomic E-state index is 14.1. The molecule has 20 heavy (non-hydrogen) atoms. The summed E-state index contributed by atoms with van der Waals surface area (Å²) in [6.45, 7) is 2.67. The van der Waals surface area contributed by atoms with E-state index in [1.165, 1.54) is 12.1 Å². The Labute approximate surface area is 125 Å². The van der Waals surface area contributed by atoms with Crippen molar-refractivity contribution in [2.75, 3.05) is 6.54 Å². The van der Waals surface area contributed by atoms with E-state index in [0.717, 1.165) is 5.56 Å². The van der Waals surface area contributed by atoms with Gasteiger partial charge in [-0.25, -0.2) is 8.78 Å². The van der Waals surface area contributed by atoms with Crippen LogP contribution in [0.3, 0.4) is 0 Å². The summed E-state index contributed by atoms with van der Waals surface area (Å²) >= 11 is 3.09. The van der Waals surface area contributed by atoms with Crippen LogP contribution in [-0.4, -0.2) is 11.5 Å². The van der Waals surface area contributed by atoms with Crippen molar-refractivity contribution < 1.29 is 8.78 Å². The van der Waals surface area contributed by atoms with Gasteiger partial charge in [-0.05, 0) is 58.7 Å². The van der Waals surface area contributed by atoms with E-state index >= 15 is 0 Å². The molecule has 0 amide bonds. The predicted molar refractivity (Wildman–Crippen MR) is 78.4 cm³/mol. The predicted octanol–water partition coefficient (Wildman–Crippen LogP) is 4.02. The number of benzene rings is 1. The van der Waals surface area contributed by atoms with Crippen LogP contribution in [0.25, 0.3) is 0 Å². The average Bonchev–Trinajstić information content (AvgIpc) is 2.47. The summed E-state index contributed by atoms with van der Waals surface area (Å²) in [6.07, 6.45) is 3.59. The van der Waals surface area contributed by atoms with Gasteiger partial charge >= 0.3 is 0 Å². The van der Waals surface area contributed by atoms with Crippen molar-refractivity contribution in [2.24, 2.45) is 0 Å². The van der Waals surface area contributed by atoms with E-state index in [9.17, 15) is 8.78 Å². The number of hydrogen-bond acceptors (Lipinski definition) is 2. The first-order chi connectivity index (χ1) is 9.63. The van der Waals surface area contributed by atoms with E-state index in [-0.39, 0.29) is 22.5 Å². The molecule has 5 heteroatoms. The van der Waals surface area contributed by atoms with Crippen LogP contribution in [0.2, 0.25) is 0 Å². The Morgan fingerprint density at radius 3 is 2.55 bits per heavy atom. The third kappa shape index (κ3) is 3.41. The minimum Gasteiger partial charge on any atom is -0.310 e. The van der Waals surface area contributed by atoms with Crippen LogP contribution in [-0.2, 0) is 6.42 Å². The van der Waals surface area contributed by atoms with E-state index in [1.54, 1.807) is 12.4 Å². The molecule has 1 aromatic carbocycles. The molecule has 1 N–H and O–H groups in total. The summed E-state index contributed by atoms with van der Waals surface area (Å²) in [7, 11) is 0. The minimum absolute atomic E-state index is 0.0853. The molecule has 0 saturated heterocycles. The third-order valence-corrected chi connectivity index (χ3v) is 3.72. The molecule has 0 aliphatic carbocycles. The first-order valence-corrected chi connectivity index (χ1v) is 7.18. The number of nitrogens with one attached hydrogen (secondary N) is 1. The van der Waals surface area contributed by atoms with E-state index in [2.05, 4.69) is 26.2 Å². The van der Waals surface area contributed by atoms with Crippen LogP contribution in [0, 0.1) is 11.6 Å². The standard InChI is InChI=1S/C15H15BrF2N2/c1-2-20-14(10-5-7-19-8-6-10)9-11-13(17)4-3-12(16)15(11)18/h3-8,14,20H,2,9H2,1H3. The zero-order valence-electron chi connectivity index (χ0n) is 11.0. The van der Waals surface area contributed by atoms with E-state index in [0.29, 0.717) is 6.54 Å². The molecule has 1 heterocycles. The Morgan fingerprint density at radius 2 is 1.90 bits per heavy atom. The summed E-state index contributed by atoms with van der Waals surface area (Å²) in [5.74, 6) is -1.07. The van der Waals surface area contributed by atoms with Crippen LogP contribution in [0.4, 0.5) is 8.78 Å². The fourth-order valence-corrected chi connectivity index (χ4v) is 2.48. The number of likely N-dealkylation sites (N-methyl/N-ethyl adjacent to an activating group) is 1. The summed E-state index contributed by atoms with van der Waals surface area (Å²) in [4.78, 5) is 3.96. The number of halogens is 3. The molecule has 2 rings (SSSR count). The fourth-order valence-electron chi connectivity index (χ4n) is 2.11. The van der Waals surface area contributed by atoms with Crippen LogP contribution in [0.15, 0.2) is 41.1 Å². The quantitative estimate of drug-likeness (QED) is 0.831. The molecule has 0 bridgehead atoms. The Morgan fingerprint density at radius 1 is 1.20 bits per heavy atom. The molecule has 1 aromatic heterocycles. The lowest BCUT2D eigenvalue weighted by atomic mass is 9.99. The monoisotopic (exact) mass is 340 g/mol. The number of aromatic nitrogens is 1. The summed E-state index contributed by atoms with van der Waals surface area (Å²) in [6, 6.07) is 6.20. The molecule has 106 valence electrons. The topological polar surface area (TPSA) is 24.9 Å². The number of rotatable bonds is 5. The highest BCUT2D eigenvalue weighted by molar-refractivity contribution is 9.10. The van der Waals surface area contributed by atoms with Gasteiger partial charge in [-0.2, -0.15) is 0 Å². The van der Waals surface area contributed by atoms with Gasteiger partial charge in [0.25, 0.3) is 0 Å². The van der Waals surface area contributed by atoms with Crippen molar-refractivity contribution in [2.45, 2.75) is 19.4 Å². The Hall–Kier alpha value is -1.33. The van der Waals surface area contributed by atoms with E-state index < -0.39 is 11.6 Å². The molecule has 2 nitrogen and oxygen atoms in total. The second-order valence-corrected chi connectivity index (χ2v) is 5.27. The molecule has 0 aliphatic heterocycles. The van der Waals surface area contributed by atoms with E-state index in [4.69, 9.17) is 0 Å². The highest BCUT2D eigenvalue weighted by Gasteiger charge is 2.18. The Balaban J connectivity index is 2.32. The smallest absolute Gasteiger partial charge is 0.143 e. The lowest BCUT2D eigenvalue weighted by Gasteiger charge is -2.19. The molecule has 0 spiro atoms. The van der Waals surface area contributed by atoms with Crippen LogP contribution in [0.5, 0.6) is 0 Å². The van der Waals surface area contributed by atoms with Gasteiger partial charge < -0.3 is 5.32 Å². The van der Waals surface area contributed by atoms with Crippen molar-refractivity contribution in [3.63, 3.8) is 0 Å². The molecular formula is C15H15BrF2N2. The highest BCUT2D eigenvalue weighted by atomic mass is 79.9. The molecule has 0 radical (unpaired) electrons. The van der Waals surface area contributed by atoms with Gasteiger partial charge in [-0.15, -0.1) is 0 Å². The van der Waals surface area contributed by atoms with Gasteiger partial charge in [0.2, 0.25) is 0 Å². The second kappa shape index (κ2) is 6.90. The number of hydrogen-bond donors (Lipinski definition) is 1. The largest absolute Gasteiger partial charge is 0.310 e. The molecule has 0 saturated carbocycles. The first kappa shape index (κ1) is 15.1. The molecule has 0 fully saturated rings. The van der Waals surface area contributed by atoms with Crippen molar-refractivity contribution >= 4 is 15.9 Å². The third-order valence-electron chi connectivity index (χ3n) is 3.11. The van der Waals surface area contributed by atoms with Gasteiger partial charge in [0.1, 0.15) is 11.6 Å². The van der Waals surface area contributed by atoms with Gasteiger partial charge in [0.15, 0.2) is 0 Å². The minimum atomic E-state index is -0.540. The van der Waals surface area contributed by atoms with Crippen molar-refractivity contribution in [3.8, 4) is 0 Å². The highest BCUT2D eigenvalue weighted by Crippen LogP contribution is 2.26. The normalized spacial score (nSPS) is 12.4. The zero-order valence-corrected chi connectivity index (χ0v) is 12.6. The number of nitrogens with zero attached hydrogens (tertiary/aromatic N) is 1. The van der Waals surface area contributed by atoms with Crippen molar-refractivity contribution in [1.82, 2.24) is 10.3 Å². The second-order valence-electron chi connectivity index (χ2n) is 4.42. The maximum Gasteiger partial charge on any atom is 0.143 e. The lowest BCUT2D eigenvalue weighted by molar-refractivity contribution is 0.497. The maximum atomic E-state index is 14.1. The summed E-state index contributed by atoms with van der Waals surface area (Å²) < 4.78 is 28.2. The fraction of sp³-hybridized carbons (Fsp3) is 0.267. The van der Waals surface area contributed by atoms with Crippen LogP contribution >= 0.6 is 15.9 Å². The first-order valence-electron chi connectivity index (χ1n) is 6.39. The Bertz CT molecular complexity index is 576. The molecule has 1 unspecified atom stereocenters. The Kier molecular flexibility index (Phi) is 5.20. The van der Waals surface area contributed by atoms with Gasteiger partial charge in [0.05, 0.1) is 4.47 Å². The lowest BCUT2D eigenvalue weighted by Crippen LogP contribution is -2.24. The SMILES string of the molecule is CCNC(Cc1c(F)ccc(Br)c1F)c1ccncc1. The average molecular weight is 341 g/mol. The van der Waals surface area contributed by atoms with Crippen molar-refractivity contribution in [3.05, 3.63) is 63.9 Å². The summed E-state index contributed by atoms with van der Waals surface area (Å²) in [5.41, 5.74) is 1.04. The van der Waals surface area contributed by atoms with Crippen LogP contribution in [0.1, 0.15) is 24.1 Å². The molecule has 0 aliphatic rings. The molecule has 1 atom stereocenters. The van der Waals surface area contributed by atoms with Crippen molar-refractivity contribution in [1.29, 1.82) is 0 Å². The molecular weight excluding hydrogens is 326 g/mol. The van der Waals surface area contributed by atoms with Crippen LogP contribution < -0.4 is 5.32 Å². The molecule has 2 aromatic rings. The number of pyridine rings is 1. The van der Waals surface area contributed by atoms with Gasteiger partial charge in [-0.3, -0.25) is 4.98 Å². The summed E-state index contributed by atoms with van der Waals surface area (Å²) in [5, 5.41) is 3.24. The van der Waals surface area contributed by atoms with Gasteiger partial charge in [0, 0.05) is 24.0 Å². The zero-order chi connectivity index (χ0) is 14.5.